The zero-order valence-corrected chi connectivity index (χ0v) is 15.7. The van der Waals surface area contributed by atoms with Gasteiger partial charge < -0.3 is 16.0 Å². The third-order valence-electron chi connectivity index (χ3n) is 4.75. The molecule has 0 saturated heterocycles. The summed E-state index contributed by atoms with van der Waals surface area (Å²) in [7, 11) is 0. The van der Waals surface area contributed by atoms with Crippen LogP contribution in [-0.2, 0) is 0 Å². The molecule has 3 N–H and O–H groups in total. The molecule has 0 unspecified atom stereocenters. The van der Waals surface area contributed by atoms with Crippen LogP contribution in [0.1, 0.15) is 29.9 Å². The van der Waals surface area contributed by atoms with Crippen LogP contribution >= 0.6 is 0 Å². The lowest BCUT2D eigenvalue weighted by Crippen LogP contribution is -2.36. The molecule has 2 heterocycles. The van der Waals surface area contributed by atoms with Gasteiger partial charge in [-0.25, -0.2) is 9.78 Å². The molecule has 1 fully saturated rings. The van der Waals surface area contributed by atoms with E-state index in [1.807, 2.05) is 4.40 Å². The van der Waals surface area contributed by atoms with Crippen LogP contribution in [0.4, 0.5) is 35.2 Å². The van der Waals surface area contributed by atoms with Crippen LogP contribution in [0.3, 0.4) is 0 Å². The Bertz CT molecular complexity index is 1060. The molecule has 0 bridgehead atoms. The minimum Gasteiger partial charge on any atom is -0.340 e. The molecule has 2 amide bonds. The predicted molar refractivity (Wildman–Crippen MR) is 105 cm³/mol. The van der Waals surface area contributed by atoms with Crippen molar-refractivity contribution in [3.63, 3.8) is 0 Å². The summed E-state index contributed by atoms with van der Waals surface area (Å²) in [5.41, 5.74) is 4.42. The van der Waals surface area contributed by atoms with Crippen molar-refractivity contribution in [3.05, 3.63) is 53.9 Å². The lowest BCUT2D eigenvalue weighted by Gasteiger charge is -2.12. The van der Waals surface area contributed by atoms with Crippen molar-refractivity contribution >= 4 is 28.9 Å². The number of pyridine rings is 1. The standard InChI is InChI=1S/C20H20F3N5O/c1-12-7-17-24-9-18(28(17)10-16(12)13-5-6-13)26-14-3-2-4-15(8-14)27-19(29)25-11-20(21,22)23/h2-4,7-10,13,26H,5-6,11H2,1H3,(H2,25,27,29). The maximum Gasteiger partial charge on any atom is 0.405 e. The Morgan fingerprint density at radius 1 is 1.24 bits per heavy atom. The minimum absolute atomic E-state index is 0.373. The van der Waals surface area contributed by atoms with Crippen molar-refractivity contribution in [2.45, 2.75) is 31.9 Å². The number of urea groups is 1. The summed E-state index contributed by atoms with van der Waals surface area (Å²) in [6.45, 7) is 0.704. The highest BCUT2D eigenvalue weighted by atomic mass is 19.4. The molecular weight excluding hydrogens is 383 g/mol. The van der Waals surface area contributed by atoms with Crippen LogP contribution in [0, 0.1) is 6.92 Å². The quantitative estimate of drug-likeness (QED) is 0.565. The molecule has 9 heteroatoms. The van der Waals surface area contributed by atoms with E-state index in [4.69, 9.17) is 0 Å². The number of hydrogen-bond acceptors (Lipinski definition) is 3. The van der Waals surface area contributed by atoms with E-state index in [-0.39, 0.29) is 0 Å². The third-order valence-corrected chi connectivity index (χ3v) is 4.75. The van der Waals surface area contributed by atoms with Gasteiger partial charge in [0, 0.05) is 17.6 Å². The molecule has 0 atom stereocenters. The Hall–Kier alpha value is -3.23. The highest BCUT2D eigenvalue weighted by molar-refractivity contribution is 5.90. The fourth-order valence-electron chi connectivity index (χ4n) is 3.23. The average molecular weight is 403 g/mol. The van der Waals surface area contributed by atoms with Crippen LogP contribution in [0.2, 0.25) is 0 Å². The zero-order chi connectivity index (χ0) is 20.6. The Kier molecular flexibility index (Phi) is 4.81. The molecule has 29 heavy (non-hydrogen) atoms. The highest BCUT2D eigenvalue weighted by Crippen LogP contribution is 2.42. The van der Waals surface area contributed by atoms with Gasteiger partial charge in [-0.3, -0.25) is 4.40 Å². The van der Waals surface area contributed by atoms with Gasteiger partial charge in [-0.15, -0.1) is 0 Å². The summed E-state index contributed by atoms with van der Waals surface area (Å²) in [5.74, 6) is 1.37. The maximum atomic E-state index is 12.2. The van der Waals surface area contributed by atoms with Crippen molar-refractivity contribution in [2.24, 2.45) is 0 Å². The second-order valence-electron chi connectivity index (χ2n) is 7.19. The first kappa shape index (κ1) is 19.1. The van der Waals surface area contributed by atoms with E-state index >= 15 is 0 Å². The fraction of sp³-hybridized carbons (Fsp3) is 0.300. The molecule has 1 saturated carbocycles. The summed E-state index contributed by atoms with van der Waals surface area (Å²) in [6.07, 6.45) is 1.77. The van der Waals surface area contributed by atoms with Gasteiger partial charge in [-0.05, 0) is 61.1 Å². The molecule has 0 spiro atoms. The van der Waals surface area contributed by atoms with Crippen LogP contribution in [0.15, 0.2) is 42.7 Å². The van der Waals surface area contributed by atoms with Gasteiger partial charge in [-0.1, -0.05) is 6.07 Å². The molecule has 0 radical (unpaired) electrons. The Labute approximate surface area is 165 Å². The van der Waals surface area contributed by atoms with Gasteiger partial charge in [0.25, 0.3) is 0 Å². The summed E-state index contributed by atoms with van der Waals surface area (Å²) < 4.78 is 38.6. The van der Waals surface area contributed by atoms with E-state index in [9.17, 15) is 18.0 Å². The number of aryl methyl sites for hydroxylation is 1. The van der Waals surface area contributed by atoms with Crippen LogP contribution in [-0.4, -0.2) is 28.1 Å². The third kappa shape index (κ3) is 4.61. The smallest absolute Gasteiger partial charge is 0.340 e. The molecule has 152 valence electrons. The number of benzene rings is 1. The number of fused-ring (bicyclic) bond motifs is 1. The first-order valence-corrected chi connectivity index (χ1v) is 9.25. The van der Waals surface area contributed by atoms with Crippen molar-refractivity contribution in [1.82, 2.24) is 14.7 Å². The first-order valence-electron chi connectivity index (χ1n) is 9.25. The number of nitrogens with one attached hydrogen (secondary N) is 3. The Morgan fingerprint density at radius 3 is 2.72 bits per heavy atom. The summed E-state index contributed by atoms with van der Waals surface area (Å²) in [4.78, 5) is 16.1. The van der Waals surface area contributed by atoms with Gasteiger partial charge in [0.2, 0.25) is 0 Å². The average Bonchev–Trinajstić information content (AvgIpc) is 3.42. The topological polar surface area (TPSA) is 70.5 Å². The molecule has 2 aromatic heterocycles. The van der Waals surface area contributed by atoms with Crippen LogP contribution in [0.25, 0.3) is 5.65 Å². The molecule has 1 aliphatic rings. The minimum atomic E-state index is -4.46. The highest BCUT2D eigenvalue weighted by Gasteiger charge is 2.28. The number of alkyl halides is 3. The van der Waals surface area contributed by atoms with E-state index in [0.717, 1.165) is 11.5 Å². The first-order chi connectivity index (χ1) is 13.8. The number of imidazole rings is 1. The Balaban J connectivity index is 1.49. The molecule has 0 aliphatic heterocycles. The van der Waals surface area contributed by atoms with Crippen molar-refractivity contribution in [3.8, 4) is 0 Å². The van der Waals surface area contributed by atoms with Crippen LogP contribution in [0.5, 0.6) is 0 Å². The normalized spacial score (nSPS) is 14.1. The molecule has 1 aromatic carbocycles. The van der Waals surface area contributed by atoms with E-state index in [2.05, 4.69) is 34.8 Å². The van der Waals surface area contributed by atoms with Gasteiger partial charge >= 0.3 is 12.2 Å². The van der Waals surface area contributed by atoms with Gasteiger partial charge in [-0.2, -0.15) is 13.2 Å². The number of amides is 2. The SMILES string of the molecule is Cc1cc2ncc(Nc3cccc(NC(=O)NCC(F)(F)F)c3)n2cc1C1CC1. The zero-order valence-electron chi connectivity index (χ0n) is 15.7. The number of carbonyl (C=O) groups excluding carboxylic acids is 1. The van der Waals surface area contributed by atoms with Gasteiger partial charge in [0.15, 0.2) is 0 Å². The van der Waals surface area contributed by atoms with Crippen molar-refractivity contribution in [1.29, 1.82) is 0 Å². The second kappa shape index (κ2) is 7.31. The van der Waals surface area contributed by atoms with Crippen LogP contribution < -0.4 is 16.0 Å². The summed E-state index contributed by atoms with van der Waals surface area (Å²) >= 11 is 0. The second-order valence-corrected chi connectivity index (χ2v) is 7.19. The number of aromatic nitrogens is 2. The van der Waals surface area contributed by atoms with Crippen molar-refractivity contribution in [2.75, 3.05) is 17.2 Å². The van der Waals surface area contributed by atoms with Crippen molar-refractivity contribution < 1.29 is 18.0 Å². The Morgan fingerprint density at radius 2 is 2.00 bits per heavy atom. The molecule has 3 aromatic rings. The molecular formula is C20H20F3N5O. The number of nitrogens with zero attached hydrogens (tertiary/aromatic N) is 2. The van der Waals surface area contributed by atoms with E-state index in [0.29, 0.717) is 17.3 Å². The number of hydrogen-bond donors (Lipinski definition) is 3. The lowest BCUT2D eigenvalue weighted by atomic mass is 10.1. The van der Waals surface area contributed by atoms with Gasteiger partial charge in [0.05, 0.1) is 6.20 Å². The summed E-state index contributed by atoms with van der Waals surface area (Å²) in [5, 5.41) is 7.43. The summed E-state index contributed by atoms with van der Waals surface area (Å²) in [6, 6.07) is 7.88. The maximum absolute atomic E-state index is 12.2. The molecule has 6 nitrogen and oxygen atoms in total. The predicted octanol–water partition coefficient (Wildman–Crippen LogP) is 4.95. The van der Waals surface area contributed by atoms with E-state index < -0.39 is 18.8 Å². The van der Waals surface area contributed by atoms with E-state index in [1.54, 1.807) is 35.8 Å². The molecule has 1 aliphatic carbocycles. The lowest BCUT2D eigenvalue weighted by molar-refractivity contribution is -0.122. The monoisotopic (exact) mass is 403 g/mol. The molecule has 4 rings (SSSR count). The number of halogens is 3. The number of carbonyl (C=O) groups is 1. The number of rotatable bonds is 5. The fourth-order valence-corrected chi connectivity index (χ4v) is 3.23. The van der Waals surface area contributed by atoms with Gasteiger partial charge in [0.1, 0.15) is 18.0 Å². The largest absolute Gasteiger partial charge is 0.405 e. The van der Waals surface area contributed by atoms with E-state index in [1.165, 1.54) is 24.0 Å². The number of anilines is 3.